The van der Waals surface area contributed by atoms with E-state index in [4.69, 9.17) is 0 Å². The van der Waals surface area contributed by atoms with Gasteiger partial charge in [-0.25, -0.2) is 4.74 Å². The number of hydrogen-bond donors (Lipinski definition) is 1. The number of carbonyl (C=O) groups is 2. The highest BCUT2D eigenvalue weighted by Crippen LogP contribution is 2.40. The van der Waals surface area contributed by atoms with Crippen molar-refractivity contribution in [3.8, 4) is 0 Å². The zero-order valence-corrected chi connectivity index (χ0v) is 11.2. The molecule has 0 spiro atoms. The van der Waals surface area contributed by atoms with Crippen LogP contribution in [0.5, 0.6) is 0 Å². The van der Waals surface area contributed by atoms with Crippen molar-refractivity contribution in [1.29, 1.82) is 0 Å². The molecule has 0 radical (unpaired) electrons. The second-order valence-corrected chi connectivity index (χ2v) is 4.23. The predicted octanol–water partition coefficient (Wildman–Crippen LogP) is 3.59. The van der Waals surface area contributed by atoms with E-state index in [-0.39, 0.29) is 5.56 Å². The number of ketones is 1. The fourth-order valence-electron chi connectivity index (χ4n) is 1.37. The van der Waals surface area contributed by atoms with Crippen LogP contribution in [0.2, 0.25) is 0 Å². The highest BCUT2D eigenvalue weighted by Gasteiger charge is 2.67. The first-order chi connectivity index (χ1) is 10.3. The molecule has 0 saturated heterocycles. The number of rotatable bonds is 5. The van der Waals surface area contributed by atoms with Crippen LogP contribution in [0.1, 0.15) is 17.3 Å². The van der Waals surface area contributed by atoms with E-state index in [0.29, 0.717) is 0 Å². The Morgan fingerprint density at radius 1 is 1.04 bits per heavy atom. The molecule has 0 heterocycles. The number of hydrogen-bond acceptors (Lipinski definition) is 3. The average molecular weight is 347 g/mol. The molecule has 1 aromatic rings. The van der Waals surface area contributed by atoms with E-state index in [9.17, 15) is 40.3 Å². The van der Waals surface area contributed by atoms with Gasteiger partial charge in [0.1, 0.15) is 0 Å². The molecule has 0 unspecified atom stereocenters. The van der Waals surface area contributed by atoms with Crippen molar-refractivity contribution in [2.45, 2.75) is 25.3 Å². The molecule has 0 aliphatic rings. The quantitative estimate of drug-likeness (QED) is 0.654. The van der Waals surface area contributed by atoms with Crippen molar-refractivity contribution in [2.75, 3.05) is 5.32 Å². The Bertz CT molecular complexity index is 613. The molecular weight excluding hydrogens is 339 g/mol. The van der Waals surface area contributed by atoms with Crippen LogP contribution in [0.4, 0.5) is 36.4 Å². The molecule has 0 aliphatic carbocycles. The third-order valence-corrected chi connectivity index (χ3v) is 2.42. The van der Waals surface area contributed by atoms with E-state index < -0.39 is 35.8 Å². The molecule has 0 aliphatic heterocycles. The molecule has 0 saturated carbocycles. The van der Waals surface area contributed by atoms with Crippen LogP contribution in [0.15, 0.2) is 24.3 Å². The number of Topliss-reactive ketones (excluding diaryl/α,β-unsaturated/α-hetero) is 1. The number of nitrogens with one attached hydrogen (secondary N) is 1. The topological polar surface area (TPSA) is 55.4 Å². The van der Waals surface area contributed by atoms with Crippen molar-refractivity contribution < 1.29 is 45.1 Å². The van der Waals surface area contributed by atoms with Crippen molar-refractivity contribution in [3.05, 3.63) is 29.8 Å². The molecule has 11 heteroatoms. The molecular formula is C12H8F7NO3. The molecule has 0 atom stereocenters. The third-order valence-electron chi connectivity index (χ3n) is 2.42. The molecule has 128 valence electrons. The number of alkyl halides is 7. The van der Waals surface area contributed by atoms with Crippen LogP contribution in [0.3, 0.4) is 0 Å². The second-order valence-electron chi connectivity index (χ2n) is 4.23. The SMILES string of the molecule is CC(=O)c1cccc(NC(=O)C(F)(F)C(F)(F)OC(F)(F)F)c1. The van der Waals surface area contributed by atoms with Crippen LogP contribution >= 0.6 is 0 Å². The molecule has 0 fully saturated rings. The van der Waals surface area contributed by atoms with E-state index in [1.165, 1.54) is 11.4 Å². The summed E-state index contributed by atoms with van der Waals surface area (Å²) in [5.41, 5.74) is -0.519. The van der Waals surface area contributed by atoms with Crippen molar-refractivity contribution in [1.82, 2.24) is 0 Å². The first-order valence-corrected chi connectivity index (χ1v) is 5.71. The van der Waals surface area contributed by atoms with Gasteiger partial charge in [-0.15, -0.1) is 13.2 Å². The van der Waals surface area contributed by atoms with E-state index in [2.05, 4.69) is 0 Å². The van der Waals surface area contributed by atoms with Gasteiger partial charge >= 0.3 is 24.3 Å². The standard InChI is InChI=1S/C12H8F7NO3/c1-6(21)7-3-2-4-8(5-7)20-9(22)10(13,14)11(15,16)23-12(17,18)19/h2-5H,1H3,(H,20,22). The summed E-state index contributed by atoms with van der Waals surface area (Å²) in [4.78, 5) is 22.2. The summed E-state index contributed by atoms with van der Waals surface area (Å²) < 4.78 is 89.3. The number of anilines is 1. The maximum absolute atomic E-state index is 13.2. The molecule has 4 nitrogen and oxygen atoms in total. The zero-order valence-electron chi connectivity index (χ0n) is 11.2. The molecule has 1 aromatic carbocycles. The average Bonchev–Trinajstić information content (AvgIpc) is 2.35. The predicted molar refractivity (Wildman–Crippen MR) is 62.1 cm³/mol. The molecule has 1 rings (SSSR count). The Kier molecular flexibility index (Phi) is 5.04. The summed E-state index contributed by atoms with van der Waals surface area (Å²) in [6.07, 6.45) is -12.2. The highest BCUT2D eigenvalue weighted by atomic mass is 19.4. The summed E-state index contributed by atoms with van der Waals surface area (Å²) in [7, 11) is 0. The van der Waals surface area contributed by atoms with Crippen LogP contribution in [0, 0.1) is 0 Å². The lowest BCUT2D eigenvalue weighted by molar-refractivity contribution is -0.457. The molecule has 23 heavy (non-hydrogen) atoms. The van der Waals surface area contributed by atoms with Crippen molar-refractivity contribution in [3.63, 3.8) is 0 Å². The van der Waals surface area contributed by atoms with Crippen LogP contribution in [-0.2, 0) is 9.53 Å². The molecule has 0 bridgehead atoms. The molecule has 0 aromatic heterocycles. The number of halogens is 7. The molecule has 1 amide bonds. The van der Waals surface area contributed by atoms with Gasteiger partial charge in [0.05, 0.1) is 0 Å². The monoisotopic (exact) mass is 347 g/mol. The van der Waals surface area contributed by atoms with Gasteiger partial charge in [-0.3, -0.25) is 9.59 Å². The van der Waals surface area contributed by atoms with E-state index in [0.717, 1.165) is 25.1 Å². The number of carbonyl (C=O) groups excluding carboxylic acids is 2. The maximum atomic E-state index is 13.2. The lowest BCUT2D eigenvalue weighted by Gasteiger charge is -2.25. The summed E-state index contributed by atoms with van der Waals surface area (Å²) in [6.45, 7) is 1.11. The number of benzene rings is 1. The minimum Gasteiger partial charge on any atom is -0.321 e. The van der Waals surface area contributed by atoms with Gasteiger partial charge < -0.3 is 5.32 Å². The van der Waals surface area contributed by atoms with E-state index in [1.54, 1.807) is 0 Å². The first-order valence-electron chi connectivity index (χ1n) is 5.71. The minimum atomic E-state index is -6.12. The summed E-state index contributed by atoms with van der Waals surface area (Å²) in [5, 5.41) is 1.30. The van der Waals surface area contributed by atoms with Crippen LogP contribution in [-0.4, -0.2) is 30.1 Å². The van der Waals surface area contributed by atoms with E-state index >= 15 is 0 Å². The number of amides is 1. The fraction of sp³-hybridized carbons (Fsp3) is 0.333. The largest absolute Gasteiger partial charge is 0.527 e. The van der Waals surface area contributed by atoms with Gasteiger partial charge in [-0.1, -0.05) is 12.1 Å². The first kappa shape index (κ1) is 18.9. The Balaban J connectivity index is 2.99. The Morgan fingerprint density at radius 2 is 1.61 bits per heavy atom. The van der Waals surface area contributed by atoms with Crippen LogP contribution in [0.25, 0.3) is 0 Å². The van der Waals surface area contributed by atoms with E-state index in [1.807, 2.05) is 4.74 Å². The summed E-state index contributed by atoms with van der Waals surface area (Å²) in [5.74, 6) is -9.06. The minimum absolute atomic E-state index is 0.0376. The van der Waals surface area contributed by atoms with Crippen LogP contribution < -0.4 is 5.32 Å². The van der Waals surface area contributed by atoms with Gasteiger partial charge in [-0.2, -0.15) is 17.6 Å². The Morgan fingerprint density at radius 3 is 2.09 bits per heavy atom. The highest BCUT2D eigenvalue weighted by molar-refractivity contribution is 5.99. The normalized spacial score (nSPS) is 12.9. The third kappa shape index (κ3) is 4.65. The molecule has 1 N–H and O–H groups in total. The summed E-state index contributed by atoms with van der Waals surface area (Å²) in [6, 6.07) is 4.26. The Labute approximate surface area is 124 Å². The smallest absolute Gasteiger partial charge is 0.321 e. The Hall–Kier alpha value is -2.17. The number of ether oxygens (including phenoxy) is 1. The lowest BCUT2D eigenvalue weighted by Crippen LogP contribution is -2.53. The van der Waals surface area contributed by atoms with Gasteiger partial charge in [0.2, 0.25) is 0 Å². The summed E-state index contributed by atoms with van der Waals surface area (Å²) >= 11 is 0. The van der Waals surface area contributed by atoms with Crippen molar-refractivity contribution >= 4 is 17.4 Å². The van der Waals surface area contributed by atoms with Gasteiger partial charge in [0.15, 0.2) is 5.78 Å². The zero-order chi connectivity index (χ0) is 18.1. The fourth-order valence-corrected chi connectivity index (χ4v) is 1.37. The lowest BCUT2D eigenvalue weighted by atomic mass is 10.1. The van der Waals surface area contributed by atoms with Crippen molar-refractivity contribution in [2.24, 2.45) is 0 Å². The van der Waals surface area contributed by atoms with Gasteiger partial charge in [0.25, 0.3) is 0 Å². The van der Waals surface area contributed by atoms with Gasteiger partial charge in [-0.05, 0) is 19.1 Å². The van der Waals surface area contributed by atoms with Gasteiger partial charge in [0, 0.05) is 11.3 Å². The maximum Gasteiger partial charge on any atom is 0.527 e. The second kappa shape index (κ2) is 6.14.